The number of para-hydroxylation sites is 2. The van der Waals surface area contributed by atoms with Gasteiger partial charge in [0.05, 0.1) is 24.0 Å². The molecule has 0 radical (unpaired) electrons. The molecule has 2 aromatic carbocycles. The highest BCUT2D eigenvalue weighted by Gasteiger charge is 2.22. The van der Waals surface area contributed by atoms with Crippen molar-refractivity contribution >= 4 is 12.0 Å². The van der Waals surface area contributed by atoms with E-state index in [4.69, 9.17) is 4.74 Å². The third kappa shape index (κ3) is 3.56. The van der Waals surface area contributed by atoms with Crippen molar-refractivity contribution in [3.63, 3.8) is 0 Å². The first-order chi connectivity index (χ1) is 13.6. The number of aromatic nitrogens is 2. The Bertz CT molecular complexity index is 1020. The SMILES string of the molecule is Cc1nn(-c2ccccc2)c(C)c1/C=C/C(=O)NC1CCOc2ccccc21. The van der Waals surface area contributed by atoms with E-state index in [1.165, 1.54) is 0 Å². The summed E-state index contributed by atoms with van der Waals surface area (Å²) in [5, 5.41) is 7.71. The largest absolute Gasteiger partial charge is 0.493 e. The molecule has 5 heteroatoms. The van der Waals surface area contributed by atoms with Gasteiger partial charge in [-0.1, -0.05) is 36.4 Å². The van der Waals surface area contributed by atoms with E-state index in [1.807, 2.05) is 79.2 Å². The van der Waals surface area contributed by atoms with Crippen molar-refractivity contribution in [2.75, 3.05) is 6.61 Å². The molecule has 5 nitrogen and oxygen atoms in total. The predicted molar refractivity (Wildman–Crippen MR) is 110 cm³/mol. The van der Waals surface area contributed by atoms with Crippen molar-refractivity contribution in [1.82, 2.24) is 15.1 Å². The number of nitrogens with one attached hydrogen (secondary N) is 1. The Kier molecular flexibility index (Phi) is 4.98. The second kappa shape index (κ2) is 7.72. The summed E-state index contributed by atoms with van der Waals surface area (Å²) in [6, 6.07) is 17.8. The van der Waals surface area contributed by atoms with Gasteiger partial charge in [-0.15, -0.1) is 0 Å². The van der Waals surface area contributed by atoms with Gasteiger partial charge in [0.15, 0.2) is 0 Å². The zero-order chi connectivity index (χ0) is 19.5. The lowest BCUT2D eigenvalue weighted by atomic mass is 10.0. The summed E-state index contributed by atoms with van der Waals surface area (Å²) < 4.78 is 7.56. The predicted octanol–water partition coefficient (Wildman–Crippen LogP) is 4.14. The molecule has 1 amide bonds. The smallest absolute Gasteiger partial charge is 0.244 e. The monoisotopic (exact) mass is 373 g/mol. The summed E-state index contributed by atoms with van der Waals surface area (Å²) in [5.74, 6) is 0.729. The minimum atomic E-state index is -0.118. The maximum Gasteiger partial charge on any atom is 0.244 e. The van der Waals surface area contributed by atoms with E-state index in [1.54, 1.807) is 6.08 Å². The Labute approximate surface area is 164 Å². The lowest BCUT2D eigenvalue weighted by Crippen LogP contribution is -2.30. The van der Waals surface area contributed by atoms with Gasteiger partial charge in [0.2, 0.25) is 5.91 Å². The van der Waals surface area contributed by atoms with Crippen molar-refractivity contribution in [3.05, 3.63) is 83.2 Å². The molecular weight excluding hydrogens is 350 g/mol. The van der Waals surface area contributed by atoms with Crippen LogP contribution in [0.15, 0.2) is 60.7 Å². The molecule has 1 aromatic heterocycles. The van der Waals surface area contributed by atoms with Gasteiger partial charge >= 0.3 is 0 Å². The quantitative estimate of drug-likeness (QED) is 0.699. The van der Waals surface area contributed by atoms with Crippen LogP contribution in [0.2, 0.25) is 0 Å². The molecule has 1 aliphatic rings. The Balaban J connectivity index is 1.51. The topological polar surface area (TPSA) is 56.2 Å². The number of hydrogen-bond acceptors (Lipinski definition) is 3. The minimum absolute atomic E-state index is 0.0312. The maximum atomic E-state index is 12.5. The average molecular weight is 373 g/mol. The third-order valence-corrected chi connectivity index (χ3v) is 5.02. The second-order valence-corrected chi connectivity index (χ2v) is 6.90. The molecule has 0 fully saturated rings. The lowest BCUT2D eigenvalue weighted by molar-refractivity contribution is -0.117. The van der Waals surface area contributed by atoms with Crippen LogP contribution >= 0.6 is 0 Å². The first kappa shape index (κ1) is 18.0. The van der Waals surface area contributed by atoms with E-state index >= 15 is 0 Å². The highest BCUT2D eigenvalue weighted by molar-refractivity contribution is 5.92. The highest BCUT2D eigenvalue weighted by atomic mass is 16.5. The van der Waals surface area contributed by atoms with E-state index < -0.39 is 0 Å². The number of amides is 1. The number of nitrogens with zero attached hydrogens (tertiary/aromatic N) is 2. The van der Waals surface area contributed by atoms with Gasteiger partial charge in [-0.25, -0.2) is 4.68 Å². The molecule has 0 bridgehead atoms. The van der Waals surface area contributed by atoms with Crippen LogP contribution in [0.5, 0.6) is 5.75 Å². The molecule has 0 saturated carbocycles. The van der Waals surface area contributed by atoms with Gasteiger partial charge in [-0.3, -0.25) is 4.79 Å². The number of hydrogen-bond donors (Lipinski definition) is 1. The molecule has 3 aromatic rings. The number of carbonyl (C=O) groups is 1. The summed E-state index contributed by atoms with van der Waals surface area (Å²) in [4.78, 5) is 12.5. The summed E-state index contributed by atoms with van der Waals surface area (Å²) >= 11 is 0. The average Bonchev–Trinajstić information content (AvgIpc) is 3.01. The molecule has 1 N–H and O–H groups in total. The van der Waals surface area contributed by atoms with Gasteiger partial charge < -0.3 is 10.1 Å². The summed E-state index contributed by atoms with van der Waals surface area (Å²) in [6.07, 6.45) is 4.20. The van der Waals surface area contributed by atoms with Crippen LogP contribution in [0, 0.1) is 13.8 Å². The van der Waals surface area contributed by atoms with Gasteiger partial charge in [-0.05, 0) is 38.1 Å². The molecule has 0 saturated heterocycles. The normalized spacial score (nSPS) is 15.9. The van der Waals surface area contributed by atoms with Crippen LogP contribution in [-0.2, 0) is 4.79 Å². The Morgan fingerprint density at radius 1 is 1.14 bits per heavy atom. The number of aryl methyl sites for hydroxylation is 1. The fraction of sp³-hybridized carbons (Fsp3) is 0.217. The van der Waals surface area contributed by atoms with Crippen LogP contribution in [0.25, 0.3) is 11.8 Å². The van der Waals surface area contributed by atoms with Crippen LogP contribution in [-0.4, -0.2) is 22.3 Å². The zero-order valence-electron chi connectivity index (χ0n) is 16.1. The van der Waals surface area contributed by atoms with Crippen LogP contribution in [0.3, 0.4) is 0 Å². The van der Waals surface area contributed by atoms with Crippen molar-refractivity contribution in [2.24, 2.45) is 0 Å². The fourth-order valence-electron chi connectivity index (χ4n) is 3.59. The first-order valence-corrected chi connectivity index (χ1v) is 9.45. The highest BCUT2D eigenvalue weighted by Crippen LogP contribution is 2.31. The van der Waals surface area contributed by atoms with Gasteiger partial charge in [0.25, 0.3) is 0 Å². The van der Waals surface area contributed by atoms with E-state index in [9.17, 15) is 4.79 Å². The second-order valence-electron chi connectivity index (χ2n) is 6.90. The molecule has 2 heterocycles. The van der Waals surface area contributed by atoms with E-state index in [-0.39, 0.29) is 11.9 Å². The standard InChI is InChI=1S/C23H23N3O2/c1-16-19(17(2)26(25-16)18-8-4-3-5-9-18)12-13-23(27)24-21-14-15-28-22-11-7-6-10-20(21)22/h3-13,21H,14-15H2,1-2H3,(H,24,27)/b13-12+. The minimum Gasteiger partial charge on any atom is -0.493 e. The number of benzene rings is 2. The van der Waals surface area contributed by atoms with Gasteiger partial charge in [0.1, 0.15) is 5.75 Å². The van der Waals surface area contributed by atoms with Crippen molar-refractivity contribution in [2.45, 2.75) is 26.3 Å². The molecule has 142 valence electrons. The number of carbonyl (C=O) groups excluding carboxylic acids is 1. The van der Waals surface area contributed by atoms with Gasteiger partial charge in [-0.2, -0.15) is 5.10 Å². The van der Waals surface area contributed by atoms with Crippen LogP contribution in [0.4, 0.5) is 0 Å². The molecule has 4 rings (SSSR count). The van der Waals surface area contributed by atoms with Crippen LogP contribution in [0.1, 0.15) is 35.0 Å². The summed E-state index contributed by atoms with van der Waals surface area (Å²) in [6.45, 7) is 4.58. The lowest BCUT2D eigenvalue weighted by Gasteiger charge is -2.26. The first-order valence-electron chi connectivity index (χ1n) is 9.45. The van der Waals surface area contributed by atoms with Crippen molar-refractivity contribution < 1.29 is 9.53 Å². The molecule has 28 heavy (non-hydrogen) atoms. The van der Waals surface area contributed by atoms with Crippen molar-refractivity contribution in [3.8, 4) is 11.4 Å². The molecule has 1 unspecified atom stereocenters. The Morgan fingerprint density at radius 2 is 1.89 bits per heavy atom. The zero-order valence-corrected chi connectivity index (χ0v) is 16.1. The summed E-state index contributed by atoms with van der Waals surface area (Å²) in [7, 11) is 0. The molecular formula is C23H23N3O2. The van der Waals surface area contributed by atoms with E-state index in [0.717, 1.165) is 40.4 Å². The molecule has 1 aliphatic heterocycles. The fourth-order valence-corrected chi connectivity index (χ4v) is 3.59. The Morgan fingerprint density at radius 3 is 2.71 bits per heavy atom. The maximum absolute atomic E-state index is 12.5. The number of ether oxygens (including phenoxy) is 1. The van der Waals surface area contributed by atoms with E-state index in [2.05, 4.69) is 10.4 Å². The van der Waals surface area contributed by atoms with E-state index in [0.29, 0.717) is 6.61 Å². The molecule has 0 spiro atoms. The van der Waals surface area contributed by atoms with Crippen LogP contribution < -0.4 is 10.1 Å². The Hall–Kier alpha value is -3.34. The third-order valence-electron chi connectivity index (χ3n) is 5.02. The molecule has 1 atom stereocenters. The molecule has 0 aliphatic carbocycles. The van der Waals surface area contributed by atoms with Crippen molar-refractivity contribution in [1.29, 1.82) is 0 Å². The number of rotatable bonds is 4. The summed E-state index contributed by atoms with van der Waals surface area (Å²) in [5.41, 5.74) is 4.89. The number of fused-ring (bicyclic) bond motifs is 1. The van der Waals surface area contributed by atoms with Gasteiger partial charge in [0, 0.05) is 29.3 Å².